The second-order valence-corrected chi connectivity index (χ2v) is 11.7. The van der Waals surface area contributed by atoms with E-state index in [1.807, 2.05) is 32.9 Å². The lowest BCUT2D eigenvalue weighted by atomic mass is 10.1. The van der Waals surface area contributed by atoms with Gasteiger partial charge in [0.05, 0.1) is 16.3 Å². The summed E-state index contributed by atoms with van der Waals surface area (Å²) < 4.78 is 0. The van der Waals surface area contributed by atoms with Gasteiger partial charge in [0.2, 0.25) is 0 Å². The van der Waals surface area contributed by atoms with Gasteiger partial charge in [-0.1, -0.05) is 54.7 Å². The third-order valence-corrected chi connectivity index (χ3v) is 11.8. The first-order valence-corrected chi connectivity index (χ1v) is 12.8. The van der Waals surface area contributed by atoms with Gasteiger partial charge >= 0.3 is 0 Å². The van der Waals surface area contributed by atoms with Crippen molar-refractivity contribution in [1.29, 1.82) is 0 Å². The van der Waals surface area contributed by atoms with Crippen molar-refractivity contribution in [2.75, 3.05) is 0 Å². The summed E-state index contributed by atoms with van der Waals surface area (Å²) in [4.78, 5) is 13.6. The van der Waals surface area contributed by atoms with Crippen LogP contribution in [0.25, 0.3) is 28.7 Å². The van der Waals surface area contributed by atoms with E-state index in [9.17, 15) is 0 Å². The van der Waals surface area contributed by atoms with Crippen LogP contribution in [0.1, 0.15) is 37.5 Å². The first-order valence-electron chi connectivity index (χ1n) is 9.39. The Bertz CT molecular complexity index is 1150. The van der Waals surface area contributed by atoms with Crippen molar-refractivity contribution in [3.05, 3.63) is 59.2 Å². The number of aliphatic imine (C=N–C) groups is 3. The molecule has 0 spiro atoms. The number of nitrogens with zero attached hydrogens (tertiary/aromatic N) is 3. The third-order valence-electron chi connectivity index (χ3n) is 4.69. The van der Waals surface area contributed by atoms with Gasteiger partial charge in [0, 0.05) is 21.8 Å². The van der Waals surface area contributed by atoms with Gasteiger partial charge < -0.3 is 0 Å². The molecule has 0 fully saturated rings. The fourth-order valence-corrected chi connectivity index (χ4v) is 11.6. The fourth-order valence-electron chi connectivity index (χ4n) is 3.65. The quantitative estimate of drug-likeness (QED) is 0.344. The Morgan fingerprint density at radius 2 is 1.10 bits per heavy atom. The molecule has 0 bridgehead atoms. The smallest absolute Gasteiger partial charge is 0.0989 e. The highest BCUT2D eigenvalue weighted by atomic mass is 32.0. The van der Waals surface area contributed by atoms with Crippen LogP contribution in [0.5, 0.6) is 0 Å². The highest BCUT2D eigenvalue weighted by Crippen LogP contribution is 2.78. The topological polar surface area (TPSA) is 37.1 Å². The second kappa shape index (κ2) is 9.18. The van der Waals surface area contributed by atoms with Crippen molar-refractivity contribution in [1.82, 2.24) is 0 Å². The Morgan fingerprint density at radius 1 is 0.655 bits per heavy atom. The van der Waals surface area contributed by atoms with Crippen LogP contribution in [0, 0.1) is 0 Å². The number of allylic oxidation sites excluding steroid dienone is 3. The molecule has 0 saturated carbocycles. The van der Waals surface area contributed by atoms with Crippen LogP contribution in [0.2, 0.25) is 0 Å². The van der Waals surface area contributed by atoms with E-state index in [1.165, 1.54) is 10.5 Å². The molecule has 5 heteroatoms. The Morgan fingerprint density at radius 3 is 1.59 bits per heavy atom. The third kappa shape index (κ3) is 3.42. The summed E-state index contributed by atoms with van der Waals surface area (Å²) in [6.45, 7) is 17.8. The van der Waals surface area contributed by atoms with Gasteiger partial charge in [0.1, 0.15) is 0 Å². The minimum Gasteiger partial charge on any atom is -0.259 e. The maximum Gasteiger partial charge on any atom is 0.0989 e. The van der Waals surface area contributed by atoms with Crippen molar-refractivity contribution in [2.45, 2.75) is 20.8 Å². The molecule has 0 N–H and O–H groups in total. The Labute approximate surface area is 174 Å². The maximum absolute atomic E-state index is 4.53. The lowest BCUT2D eigenvalue weighted by Crippen LogP contribution is -1.73. The first kappa shape index (κ1) is 21.0. The molecule has 0 radical (unpaired) electrons. The average molecular weight is 417 g/mol. The van der Waals surface area contributed by atoms with E-state index in [2.05, 4.69) is 83.7 Å². The largest absolute Gasteiger partial charge is 0.259 e. The van der Waals surface area contributed by atoms with Gasteiger partial charge in [-0.05, 0) is 66.8 Å². The summed E-state index contributed by atoms with van der Waals surface area (Å²) >= 11 is 0. The van der Waals surface area contributed by atoms with E-state index >= 15 is 0 Å². The molecule has 146 valence electrons. The summed E-state index contributed by atoms with van der Waals surface area (Å²) in [6.07, 6.45) is 12.5. The Hall–Kier alpha value is -2.73. The summed E-state index contributed by atoms with van der Waals surface area (Å²) in [5, 5.41) is 2.52. The van der Waals surface area contributed by atoms with Crippen molar-refractivity contribution < 1.29 is 0 Å². The SMILES string of the molecule is C=Nc1c(/C=C\C)c(/C=C\C)c(N=C)p1-p1c(N=C)c(/C=C\C)c2ccccc21. The molecule has 29 heavy (non-hydrogen) atoms. The van der Waals surface area contributed by atoms with Crippen LogP contribution in [0.15, 0.2) is 57.5 Å². The molecule has 1 aromatic carbocycles. The van der Waals surface area contributed by atoms with Crippen LogP contribution >= 0.6 is 14.4 Å². The number of hydrogen-bond acceptors (Lipinski definition) is 3. The van der Waals surface area contributed by atoms with Gasteiger partial charge in [0.25, 0.3) is 0 Å². The number of fused-ring (bicyclic) bond motifs is 1. The van der Waals surface area contributed by atoms with Crippen LogP contribution in [0.3, 0.4) is 0 Å². The highest BCUT2D eigenvalue weighted by Gasteiger charge is 2.26. The maximum atomic E-state index is 4.53. The molecule has 1 unspecified atom stereocenters. The average Bonchev–Trinajstić information content (AvgIpc) is 3.20. The number of rotatable bonds is 7. The van der Waals surface area contributed by atoms with Gasteiger partial charge in [-0.25, -0.2) is 0 Å². The van der Waals surface area contributed by atoms with Crippen LogP contribution in [-0.4, -0.2) is 20.2 Å². The van der Waals surface area contributed by atoms with E-state index < -0.39 is 14.4 Å². The molecule has 1 atom stereocenters. The molecular weight excluding hydrogens is 392 g/mol. The molecule has 0 aliphatic heterocycles. The van der Waals surface area contributed by atoms with E-state index in [-0.39, 0.29) is 0 Å². The summed E-state index contributed by atoms with van der Waals surface area (Å²) in [5.74, 6) is 0. The molecule has 3 rings (SSSR count). The minimum absolute atomic E-state index is 0.828. The molecule has 0 amide bonds. The summed E-state index contributed by atoms with van der Waals surface area (Å²) in [5.41, 5.74) is 6.34. The molecule has 0 saturated heterocycles. The Balaban J connectivity index is 2.61. The lowest BCUT2D eigenvalue weighted by molar-refractivity contribution is 1.59. The summed E-state index contributed by atoms with van der Waals surface area (Å²) in [7, 11) is -1.73. The van der Waals surface area contributed by atoms with Crippen molar-refractivity contribution in [3.8, 4) is 0 Å². The van der Waals surface area contributed by atoms with Gasteiger partial charge in [-0.15, -0.1) is 0 Å². The lowest BCUT2D eigenvalue weighted by Gasteiger charge is -2.07. The van der Waals surface area contributed by atoms with E-state index in [0.717, 1.165) is 32.9 Å². The number of hydrogen-bond donors (Lipinski definition) is 0. The highest BCUT2D eigenvalue weighted by molar-refractivity contribution is 8.28. The van der Waals surface area contributed by atoms with E-state index in [1.54, 1.807) is 0 Å². The molecule has 3 nitrogen and oxygen atoms in total. The first-order chi connectivity index (χ1) is 14.2. The fraction of sp³-hybridized carbons (Fsp3) is 0.125. The molecule has 3 aromatic rings. The molecule has 0 aliphatic rings. The second-order valence-electron chi connectivity index (χ2n) is 6.33. The van der Waals surface area contributed by atoms with E-state index in [0.29, 0.717) is 0 Å². The van der Waals surface area contributed by atoms with Crippen molar-refractivity contribution >= 4 is 79.6 Å². The van der Waals surface area contributed by atoms with Gasteiger partial charge in [0.15, 0.2) is 0 Å². The monoisotopic (exact) mass is 417 g/mol. The molecular formula is C24H25N3P2. The molecule has 0 aliphatic carbocycles. The molecule has 2 aromatic heterocycles. The van der Waals surface area contributed by atoms with Crippen LogP contribution < -0.4 is 0 Å². The zero-order chi connectivity index (χ0) is 21.0. The minimum atomic E-state index is -0.906. The normalized spacial score (nSPS) is 12.6. The summed E-state index contributed by atoms with van der Waals surface area (Å²) in [6, 6.07) is 8.54. The number of benzene rings is 1. The molecule has 2 heterocycles. The van der Waals surface area contributed by atoms with Gasteiger partial charge in [-0.3, -0.25) is 15.0 Å². The zero-order valence-electron chi connectivity index (χ0n) is 17.1. The Kier molecular flexibility index (Phi) is 6.64. The predicted molar refractivity (Wildman–Crippen MR) is 138 cm³/mol. The standard InChI is InChI=1S/C24H25N3P2/c1-7-12-18-17-15-10-11-16-21(17)28(22(18)25-4)29-23(26-5)19(13-8-2)20(14-9-3)24(29)27-6/h7-16H,4-6H2,1-3H3/b12-7-,13-8-,14-9-. The van der Waals surface area contributed by atoms with Crippen molar-refractivity contribution in [3.63, 3.8) is 0 Å². The predicted octanol–water partition coefficient (Wildman–Crippen LogP) is 9.22. The van der Waals surface area contributed by atoms with Crippen LogP contribution in [-0.2, 0) is 0 Å². The van der Waals surface area contributed by atoms with Gasteiger partial charge in [-0.2, -0.15) is 0 Å². The van der Waals surface area contributed by atoms with E-state index in [4.69, 9.17) is 0 Å². The zero-order valence-corrected chi connectivity index (χ0v) is 18.9. The van der Waals surface area contributed by atoms with Crippen LogP contribution in [0.4, 0.5) is 16.3 Å². The van der Waals surface area contributed by atoms with Crippen molar-refractivity contribution in [2.24, 2.45) is 15.0 Å².